The summed E-state index contributed by atoms with van der Waals surface area (Å²) < 4.78 is 72.9. The van der Waals surface area contributed by atoms with Gasteiger partial charge in [-0.25, -0.2) is 65.1 Å². The van der Waals surface area contributed by atoms with Gasteiger partial charge in [0.05, 0.1) is 31.0 Å². The fourth-order valence-electron chi connectivity index (χ4n) is 19.7. The molecule has 34 heteroatoms. The number of hydrogen-bond donors (Lipinski definition) is 9. The van der Waals surface area contributed by atoms with Crippen LogP contribution in [0.4, 0.5) is 69.4 Å². The van der Waals surface area contributed by atoms with Gasteiger partial charge in [0.25, 0.3) is 0 Å². The number of halogens is 4. The van der Waals surface area contributed by atoms with Gasteiger partial charge in [-0.3, -0.25) is 14.7 Å². The first-order valence-electron chi connectivity index (χ1n) is 46.0. The molecule has 670 valence electrons. The Hall–Kier alpha value is -13.3. The maximum absolute atomic E-state index is 14.6. The van der Waals surface area contributed by atoms with Gasteiger partial charge in [0, 0.05) is 239 Å². The molecule has 12 aliphatic rings. The van der Waals surface area contributed by atoms with Gasteiger partial charge in [0.15, 0.2) is 28.2 Å². The van der Waals surface area contributed by atoms with E-state index in [2.05, 4.69) is 120 Å². The van der Waals surface area contributed by atoms with E-state index in [-0.39, 0.29) is 23.3 Å². The van der Waals surface area contributed by atoms with Crippen molar-refractivity contribution in [3.8, 4) is 61.4 Å². The fraction of sp³-hybridized carbons (Fsp3) is 0.375. The highest BCUT2D eigenvalue weighted by molar-refractivity contribution is 5.84. The number of nitrogens with one attached hydrogen (secondary N) is 9. The van der Waals surface area contributed by atoms with Gasteiger partial charge in [0.2, 0.25) is 0 Å². The summed E-state index contributed by atoms with van der Waals surface area (Å²) in [6.07, 6.45) is 30.9. The Labute approximate surface area is 749 Å². The first-order chi connectivity index (χ1) is 63.9. The molecule has 22 heterocycles. The molecule has 3 atom stereocenters. The van der Waals surface area contributed by atoms with Crippen molar-refractivity contribution in [2.45, 2.75) is 101 Å². The summed E-state index contributed by atoms with van der Waals surface area (Å²) in [5.74, 6) is 3.97. The molecule has 1 unspecified atom stereocenters. The normalized spacial score (nSPS) is 21.3. The summed E-state index contributed by atoms with van der Waals surface area (Å²) in [7, 11) is 0. The second-order valence-corrected chi connectivity index (χ2v) is 35.1. The number of rotatable bonds is 0. The summed E-state index contributed by atoms with van der Waals surface area (Å²) in [5.41, 5.74) is 14.2. The van der Waals surface area contributed by atoms with E-state index in [9.17, 15) is 17.6 Å². The number of benzene rings is 5. The monoisotopic (exact) mass is 1760 g/mol. The van der Waals surface area contributed by atoms with Crippen LogP contribution in [0, 0.1) is 23.3 Å². The maximum atomic E-state index is 14.6. The van der Waals surface area contributed by atoms with E-state index in [4.69, 9.17) is 19.7 Å². The lowest BCUT2D eigenvalue weighted by atomic mass is 10.0. The van der Waals surface area contributed by atoms with Crippen LogP contribution in [0.2, 0.25) is 0 Å². The van der Waals surface area contributed by atoms with Crippen molar-refractivity contribution in [2.75, 3.05) is 179 Å². The molecule has 0 saturated carbocycles. The molecule has 15 aromatic rings. The lowest BCUT2D eigenvalue weighted by molar-refractivity contribution is 0.177. The molecule has 9 N–H and O–H groups in total. The van der Waals surface area contributed by atoms with Crippen LogP contribution in [0.3, 0.4) is 0 Å². The quantitative estimate of drug-likeness (QED) is 0.0638. The van der Waals surface area contributed by atoms with Gasteiger partial charge in [-0.15, -0.1) is 0 Å². The van der Waals surface area contributed by atoms with Crippen LogP contribution in [0.1, 0.15) is 70.6 Å². The molecule has 0 spiro atoms. The number of anilines is 9. The van der Waals surface area contributed by atoms with Crippen molar-refractivity contribution in [1.82, 2.24) is 97.5 Å². The zero-order valence-corrected chi connectivity index (χ0v) is 72.6. The van der Waals surface area contributed by atoms with Crippen LogP contribution in [0.25, 0.3) is 83.9 Å². The Kier molecular flexibility index (Phi) is 24.3. The fourth-order valence-corrected chi connectivity index (χ4v) is 19.7. The summed E-state index contributed by atoms with van der Waals surface area (Å²) in [6.45, 7) is 19.5. The molecule has 30 nitrogen and oxygen atoms in total. The van der Waals surface area contributed by atoms with E-state index in [0.717, 1.165) is 237 Å². The van der Waals surface area contributed by atoms with E-state index in [1.165, 1.54) is 62.8 Å². The molecular formula is C96H107F4N29O. The average molecular weight is 1760 g/mol. The van der Waals surface area contributed by atoms with E-state index in [1.54, 1.807) is 61.0 Å². The zero-order chi connectivity index (χ0) is 87.4. The minimum Gasteiger partial charge on any atom is -0.492 e. The van der Waals surface area contributed by atoms with Crippen LogP contribution >= 0.6 is 0 Å². The molecule has 0 aliphatic carbocycles. The Morgan fingerprint density at radius 3 is 1.15 bits per heavy atom. The lowest BCUT2D eigenvalue weighted by Gasteiger charge is -2.33. The summed E-state index contributed by atoms with van der Waals surface area (Å²) in [6, 6.07) is 41.0. The number of ether oxygens (including phenoxy) is 1. The van der Waals surface area contributed by atoms with Gasteiger partial charge >= 0.3 is 0 Å². The van der Waals surface area contributed by atoms with Crippen molar-refractivity contribution in [3.05, 3.63) is 213 Å². The molecule has 5 aromatic carbocycles. The second kappa shape index (κ2) is 37.8. The van der Waals surface area contributed by atoms with Gasteiger partial charge in [-0.1, -0.05) is 12.1 Å². The number of nitrogens with zero attached hydrogens (tertiary/aromatic N) is 20. The minimum atomic E-state index is -0.265. The molecule has 12 aliphatic heterocycles. The summed E-state index contributed by atoms with van der Waals surface area (Å²) in [5, 5.41) is 52.9. The number of hydrogen-bond acceptors (Lipinski definition) is 25. The van der Waals surface area contributed by atoms with E-state index >= 15 is 0 Å². The maximum Gasteiger partial charge on any atom is 0.165 e. The number of aromatic nitrogens is 15. The highest BCUT2D eigenvalue weighted by atomic mass is 19.1. The molecule has 5 fully saturated rings. The van der Waals surface area contributed by atoms with Gasteiger partial charge < -0.3 is 62.4 Å². The van der Waals surface area contributed by atoms with Crippen LogP contribution in [-0.4, -0.2) is 259 Å². The van der Waals surface area contributed by atoms with Gasteiger partial charge in [0.1, 0.15) is 64.7 Å². The third-order valence-electron chi connectivity index (χ3n) is 26.8. The third-order valence-corrected chi connectivity index (χ3v) is 26.8. The molecule has 27 rings (SSSR count). The second-order valence-electron chi connectivity index (χ2n) is 35.1. The van der Waals surface area contributed by atoms with Crippen molar-refractivity contribution in [2.24, 2.45) is 0 Å². The molecule has 130 heavy (non-hydrogen) atoms. The summed E-state index contributed by atoms with van der Waals surface area (Å²) in [4.78, 5) is 36.1. The number of piperidine rings is 2. The van der Waals surface area contributed by atoms with Crippen LogP contribution < -0.4 is 52.6 Å². The van der Waals surface area contributed by atoms with Crippen molar-refractivity contribution in [1.29, 1.82) is 0 Å². The van der Waals surface area contributed by atoms with Gasteiger partial charge in [-0.2, -0.15) is 25.5 Å². The van der Waals surface area contributed by atoms with Crippen LogP contribution in [-0.2, 0) is 0 Å². The first-order valence-corrected chi connectivity index (χ1v) is 46.0. The zero-order valence-electron chi connectivity index (χ0n) is 72.6. The minimum absolute atomic E-state index is 0.259. The highest BCUT2D eigenvalue weighted by Crippen LogP contribution is 2.38. The third kappa shape index (κ3) is 18.6. The SMILES string of the molecule is Fc1ccc2cc1-c1cnn3ccc(nc13)NC1CCN(CCN2)CC1.Fc1ccc2cc1-c1cnn3ccc(nc13)NCCC1CCCN1CCN2.Fc1ccc2cc1-c1cnn3ccc(nc13)NCCN1CCC(CC1)N2.Fc1ccc2cc1-c1cnn3ccc(nc13)NCCN1CCC[C@H]1CN2.c1cc2cc(c1)-c1cnn3ccc(nc13)NCCN1CCC[C@H]1CO2. The van der Waals surface area contributed by atoms with E-state index in [0.29, 0.717) is 97.3 Å². The van der Waals surface area contributed by atoms with E-state index < -0.39 is 0 Å². The molecule has 24 bridgehead atoms. The van der Waals surface area contributed by atoms with Crippen molar-refractivity contribution in [3.63, 3.8) is 0 Å². The lowest BCUT2D eigenvalue weighted by Crippen LogP contribution is -2.41. The average Bonchev–Trinajstić information content (AvgIpc) is 1.64. The topological polar surface area (TPSA) is 285 Å². The van der Waals surface area contributed by atoms with Gasteiger partial charge in [-0.05, 0) is 211 Å². The summed E-state index contributed by atoms with van der Waals surface area (Å²) >= 11 is 0. The van der Waals surface area contributed by atoms with Crippen LogP contribution in [0.5, 0.6) is 5.75 Å². The van der Waals surface area contributed by atoms with Crippen LogP contribution in [0.15, 0.2) is 189 Å². The standard InChI is InChI=1S/C20H23FN6.3C19H21FN6.C19H21N5O/c21-18-4-3-14-12-16(18)17-13-24-27-10-6-19(25-20(17)27)23-7-5-15-2-1-9-26(15)11-8-22-14;20-17-2-1-14-11-15(17)16-12-22-26-9-5-18(24-19(16)26)21-6-10-25-7-3-13(23-14)4-8-25;20-17-2-1-14-11-15(17)16-12-22-26-9-5-18(24-19(16)26)23-13-3-7-25(8-4-13)10-6-21-14;20-17-4-3-13-10-15(17)16-12-23-26-8-5-18(24-19(16)26)21-6-9-25-7-1-2-14(25)11-22-13;1-3-14-11-16(5-1)25-13-15-4-2-8-23(15)10-7-20-18-6-9-24-19(22-18)17(14)12-21-24/h3-4,6,10,12-13,15,22H,1-2,5,7-9,11H2,(H,23,25);1-2,5,9,11-13,23H,3-4,6-8,10H2,(H,21,24);1-2,5,9,11-13,21H,3-4,6-8,10H2,(H,23,24);3-5,8,10,12,14,22H,1-2,6-7,9,11H2,(H,21,24);1,3,5-6,9,11-12,15H,2,4,7-8,10,13H2,(H,20,22)/t;;;14-;15-/m...00/s1. The predicted molar refractivity (Wildman–Crippen MR) is 501 cm³/mol. The highest BCUT2D eigenvalue weighted by Gasteiger charge is 2.31. The van der Waals surface area contributed by atoms with E-state index in [1.807, 2.05) is 114 Å². The molecule has 0 radical (unpaired) electrons. The molecule has 5 saturated heterocycles. The van der Waals surface area contributed by atoms with Crippen molar-refractivity contribution >= 4 is 80.1 Å². The largest absolute Gasteiger partial charge is 0.492 e. The Bertz CT molecular complexity index is 6510. The smallest absolute Gasteiger partial charge is 0.165 e. The first kappa shape index (κ1) is 83.6. The molecule has 10 aromatic heterocycles. The Morgan fingerprint density at radius 2 is 0.662 bits per heavy atom. The molecule has 0 amide bonds. The Balaban J connectivity index is 0.0000000984. The predicted octanol–water partition coefficient (Wildman–Crippen LogP) is 14.4. The molecular weight excluding hydrogens is 1650 g/mol. The Morgan fingerprint density at radius 1 is 0.292 bits per heavy atom. The van der Waals surface area contributed by atoms with Crippen molar-refractivity contribution < 1.29 is 22.3 Å². The number of fused-ring (bicyclic) bond motifs is 23.